The Labute approximate surface area is 119 Å². The third kappa shape index (κ3) is 5.43. The van der Waals surface area contributed by atoms with Crippen LogP contribution in [0.4, 0.5) is 0 Å². The highest BCUT2D eigenvalue weighted by Crippen LogP contribution is 2.28. The van der Waals surface area contributed by atoms with E-state index in [1.807, 2.05) is 0 Å². The zero-order chi connectivity index (χ0) is 13.5. The monoisotopic (exact) mass is 267 g/mol. The molecule has 2 heteroatoms. The smallest absolute Gasteiger partial charge is 0.0594 e. The van der Waals surface area contributed by atoms with E-state index in [9.17, 15) is 0 Å². The fourth-order valence-corrected chi connectivity index (χ4v) is 3.74. The number of ether oxygens (including phenoxy) is 1. The van der Waals surface area contributed by atoms with Crippen LogP contribution in [0.2, 0.25) is 0 Å². The molecule has 2 rings (SSSR count). The lowest BCUT2D eigenvalue weighted by Gasteiger charge is -2.19. The standard InChI is InChI=1S/C17H33NO/c1-14(2)15-6-5-7-16(11-10-15)18-12-13-19-17-8-3-4-9-17/h14-18H,3-13H2,1-2H3. The third-order valence-electron chi connectivity index (χ3n) is 5.15. The van der Waals surface area contributed by atoms with Crippen molar-refractivity contribution in [3.05, 3.63) is 0 Å². The maximum Gasteiger partial charge on any atom is 0.0594 e. The average Bonchev–Trinajstić information content (AvgIpc) is 2.79. The molecule has 0 amide bonds. The van der Waals surface area contributed by atoms with Gasteiger partial charge in [0.2, 0.25) is 0 Å². The van der Waals surface area contributed by atoms with Crippen molar-refractivity contribution in [1.29, 1.82) is 0 Å². The summed E-state index contributed by atoms with van der Waals surface area (Å²) in [7, 11) is 0. The zero-order valence-corrected chi connectivity index (χ0v) is 13.0. The molecule has 0 heterocycles. The normalized spacial score (nSPS) is 29.8. The Morgan fingerprint density at radius 3 is 2.47 bits per heavy atom. The number of rotatable bonds is 6. The van der Waals surface area contributed by atoms with Gasteiger partial charge in [-0.2, -0.15) is 0 Å². The molecule has 0 spiro atoms. The van der Waals surface area contributed by atoms with Gasteiger partial charge in [0.15, 0.2) is 0 Å². The highest BCUT2D eigenvalue weighted by molar-refractivity contribution is 4.76. The molecule has 2 unspecified atom stereocenters. The van der Waals surface area contributed by atoms with Crippen LogP contribution in [0.3, 0.4) is 0 Å². The maximum absolute atomic E-state index is 5.92. The number of nitrogens with one attached hydrogen (secondary N) is 1. The molecule has 0 aromatic heterocycles. The van der Waals surface area contributed by atoms with Crippen LogP contribution in [-0.4, -0.2) is 25.3 Å². The zero-order valence-electron chi connectivity index (χ0n) is 13.0. The molecule has 0 aliphatic heterocycles. The van der Waals surface area contributed by atoms with Crippen molar-refractivity contribution in [1.82, 2.24) is 5.32 Å². The van der Waals surface area contributed by atoms with Gasteiger partial charge in [-0.05, 0) is 43.9 Å². The second kappa shape index (κ2) is 8.26. The van der Waals surface area contributed by atoms with E-state index in [0.29, 0.717) is 6.10 Å². The minimum absolute atomic E-state index is 0.571. The molecule has 1 N–H and O–H groups in total. The molecule has 0 bridgehead atoms. The highest BCUT2D eigenvalue weighted by atomic mass is 16.5. The summed E-state index contributed by atoms with van der Waals surface area (Å²) >= 11 is 0. The van der Waals surface area contributed by atoms with Crippen LogP contribution in [0.15, 0.2) is 0 Å². The van der Waals surface area contributed by atoms with Crippen LogP contribution in [-0.2, 0) is 4.74 Å². The lowest BCUT2D eigenvalue weighted by Crippen LogP contribution is -2.32. The van der Waals surface area contributed by atoms with Gasteiger partial charge < -0.3 is 10.1 Å². The van der Waals surface area contributed by atoms with Crippen molar-refractivity contribution < 1.29 is 4.74 Å². The Kier molecular flexibility index (Phi) is 6.66. The molecule has 0 radical (unpaired) electrons. The van der Waals surface area contributed by atoms with Gasteiger partial charge in [-0.1, -0.05) is 39.5 Å². The molecule has 0 aromatic rings. The molecular weight excluding hydrogens is 234 g/mol. The average molecular weight is 267 g/mol. The second-order valence-electron chi connectivity index (χ2n) is 6.94. The first-order chi connectivity index (χ1) is 9.25. The molecule has 2 fully saturated rings. The van der Waals surface area contributed by atoms with Crippen molar-refractivity contribution in [2.75, 3.05) is 13.2 Å². The topological polar surface area (TPSA) is 21.3 Å². The van der Waals surface area contributed by atoms with Gasteiger partial charge in [0.1, 0.15) is 0 Å². The van der Waals surface area contributed by atoms with E-state index in [1.54, 1.807) is 0 Å². The summed E-state index contributed by atoms with van der Waals surface area (Å²) < 4.78 is 5.92. The molecule has 0 saturated heterocycles. The highest BCUT2D eigenvalue weighted by Gasteiger charge is 2.20. The summed E-state index contributed by atoms with van der Waals surface area (Å²) in [5, 5.41) is 3.72. The van der Waals surface area contributed by atoms with Gasteiger partial charge in [0.25, 0.3) is 0 Å². The summed E-state index contributed by atoms with van der Waals surface area (Å²) in [5.41, 5.74) is 0. The molecule has 0 aromatic carbocycles. The largest absolute Gasteiger partial charge is 0.377 e. The number of hydrogen-bond donors (Lipinski definition) is 1. The summed E-state index contributed by atoms with van der Waals surface area (Å²) in [5.74, 6) is 1.82. The Balaban J connectivity index is 1.55. The van der Waals surface area contributed by atoms with E-state index in [2.05, 4.69) is 19.2 Å². The Morgan fingerprint density at radius 2 is 1.74 bits per heavy atom. The van der Waals surface area contributed by atoms with Crippen LogP contribution < -0.4 is 5.32 Å². The first-order valence-electron chi connectivity index (χ1n) is 8.60. The number of hydrogen-bond acceptors (Lipinski definition) is 2. The van der Waals surface area contributed by atoms with Crippen LogP contribution in [0.1, 0.15) is 71.6 Å². The Morgan fingerprint density at radius 1 is 0.947 bits per heavy atom. The van der Waals surface area contributed by atoms with E-state index < -0.39 is 0 Å². The van der Waals surface area contributed by atoms with E-state index >= 15 is 0 Å². The fraction of sp³-hybridized carbons (Fsp3) is 1.00. The van der Waals surface area contributed by atoms with Crippen molar-refractivity contribution in [3.63, 3.8) is 0 Å². The predicted molar refractivity (Wildman–Crippen MR) is 81.4 cm³/mol. The van der Waals surface area contributed by atoms with Crippen molar-refractivity contribution in [3.8, 4) is 0 Å². The third-order valence-corrected chi connectivity index (χ3v) is 5.15. The van der Waals surface area contributed by atoms with Gasteiger partial charge >= 0.3 is 0 Å². The Bertz CT molecular complexity index is 235. The van der Waals surface area contributed by atoms with E-state index in [0.717, 1.165) is 31.0 Å². The van der Waals surface area contributed by atoms with E-state index in [-0.39, 0.29) is 0 Å². The van der Waals surface area contributed by atoms with Gasteiger partial charge in [-0.15, -0.1) is 0 Å². The van der Waals surface area contributed by atoms with Gasteiger partial charge in [0, 0.05) is 12.6 Å². The van der Waals surface area contributed by atoms with Crippen LogP contribution in [0.5, 0.6) is 0 Å². The molecule has 2 aliphatic carbocycles. The summed E-state index contributed by atoms with van der Waals surface area (Å²) in [6.07, 6.45) is 12.9. The second-order valence-corrected chi connectivity index (χ2v) is 6.94. The SMILES string of the molecule is CC(C)C1CCCC(NCCOC2CCCC2)CC1. The predicted octanol–water partition coefficient (Wildman–Crippen LogP) is 4.14. The molecule has 2 aliphatic rings. The first kappa shape index (κ1) is 15.3. The quantitative estimate of drug-likeness (QED) is 0.577. The van der Waals surface area contributed by atoms with Gasteiger partial charge in [0.05, 0.1) is 12.7 Å². The molecule has 2 nitrogen and oxygen atoms in total. The van der Waals surface area contributed by atoms with Crippen molar-refractivity contribution in [2.24, 2.45) is 11.8 Å². The summed E-state index contributed by atoms with van der Waals surface area (Å²) in [4.78, 5) is 0. The van der Waals surface area contributed by atoms with Crippen LogP contribution in [0.25, 0.3) is 0 Å². The first-order valence-corrected chi connectivity index (χ1v) is 8.60. The summed E-state index contributed by atoms with van der Waals surface area (Å²) in [6.45, 7) is 6.73. The lowest BCUT2D eigenvalue weighted by molar-refractivity contribution is 0.0588. The lowest BCUT2D eigenvalue weighted by atomic mass is 9.89. The van der Waals surface area contributed by atoms with E-state index in [4.69, 9.17) is 4.74 Å². The van der Waals surface area contributed by atoms with Gasteiger partial charge in [-0.25, -0.2) is 0 Å². The minimum Gasteiger partial charge on any atom is -0.377 e. The minimum atomic E-state index is 0.571. The molecule has 2 saturated carbocycles. The fourth-order valence-electron chi connectivity index (χ4n) is 3.74. The Hall–Kier alpha value is -0.0800. The molecular formula is C17H33NO. The van der Waals surface area contributed by atoms with Crippen LogP contribution in [0, 0.1) is 11.8 Å². The van der Waals surface area contributed by atoms with Gasteiger partial charge in [-0.3, -0.25) is 0 Å². The van der Waals surface area contributed by atoms with Crippen molar-refractivity contribution in [2.45, 2.75) is 83.8 Å². The summed E-state index contributed by atoms with van der Waals surface area (Å²) in [6, 6.07) is 0.746. The van der Waals surface area contributed by atoms with E-state index in [1.165, 1.54) is 57.8 Å². The molecule has 2 atom stereocenters. The van der Waals surface area contributed by atoms with Crippen molar-refractivity contribution >= 4 is 0 Å². The molecule has 112 valence electrons. The van der Waals surface area contributed by atoms with Crippen LogP contribution >= 0.6 is 0 Å². The molecule has 19 heavy (non-hydrogen) atoms. The maximum atomic E-state index is 5.92.